The summed E-state index contributed by atoms with van der Waals surface area (Å²) in [5.74, 6) is 0. The molecule has 1 heterocycles. The van der Waals surface area contributed by atoms with Gasteiger partial charge in [0.15, 0.2) is 0 Å². The number of aryl methyl sites for hydroxylation is 3. The minimum Gasteiger partial charge on any atom is -0.692 e. The van der Waals surface area contributed by atoms with Crippen molar-refractivity contribution in [2.24, 2.45) is 0 Å². The molecule has 0 unspecified atom stereocenters. The number of halogens is 1. The molecular weight excluding hydrogens is 274 g/mol. The van der Waals surface area contributed by atoms with E-state index in [1.54, 1.807) is 18.2 Å². The quantitative estimate of drug-likeness (QED) is 0.509. The summed E-state index contributed by atoms with van der Waals surface area (Å²) in [6, 6.07) is 9.11. The molecule has 0 bridgehead atoms. The van der Waals surface area contributed by atoms with Gasteiger partial charge in [-0.2, -0.15) is 0 Å². The molecule has 0 amide bonds. The van der Waals surface area contributed by atoms with Crippen molar-refractivity contribution in [1.29, 1.82) is 0 Å². The average molecular weight is 288 g/mol. The summed E-state index contributed by atoms with van der Waals surface area (Å²) >= 11 is 5.94. The van der Waals surface area contributed by atoms with Crippen molar-refractivity contribution >= 4 is 22.6 Å². The molecule has 0 aliphatic rings. The van der Waals surface area contributed by atoms with Gasteiger partial charge in [-0.3, -0.25) is 0 Å². The van der Waals surface area contributed by atoms with Crippen LogP contribution in [0.1, 0.15) is 16.7 Å². The van der Waals surface area contributed by atoms with E-state index >= 15 is 0 Å². The lowest BCUT2D eigenvalue weighted by Crippen LogP contribution is -2.37. The Kier molecular flexibility index (Phi) is 2.91. The molecule has 0 radical (unpaired) electrons. The van der Waals surface area contributed by atoms with Crippen LogP contribution in [0.5, 0.6) is 0 Å². The Morgan fingerprint density at radius 2 is 1.75 bits per heavy atom. The SMILES string of the molecule is Cc1cc(C)c(-n2nc3cc(Cl)ccc3[n+]2[O-])cc1C. The van der Waals surface area contributed by atoms with E-state index in [2.05, 4.69) is 18.1 Å². The zero-order valence-corrected chi connectivity index (χ0v) is 12.3. The predicted molar refractivity (Wildman–Crippen MR) is 79.3 cm³/mol. The van der Waals surface area contributed by atoms with Gasteiger partial charge in [0.1, 0.15) is 5.69 Å². The molecule has 0 aliphatic carbocycles. The van der Waals surface area contributed by atoms with Gasteiger partial charge in [0.25, 0.3) is 5.52 Å². The summed E-state index contributed by atoms with van der Waals surface area (Å²) in [7, 11) is 0. The number of hydrogen-bond donors (Lipinski definition) is 0. The molecule has 5 heteroatoms. The van der Waals surface area contributed by atoms with Crippen molar-refractivity contribution in [3.8, 4) is 5.69 Å². The fourth-order valence-corrected chi connectivity index (χ4v) is 2.46. The second-order valence-corrected chi connectivity index (χ2v) is 5.45. The van der Waals surface area contributed by atoms with Crippen molar-refractivity contribution in [2.75, 3.05) is 0 Å². The standard InChI is InChI=1S/C15H14ClN3O/c1-9-6-11(3)15(7-10(9)2)18-17-13-8-12(16)4-5-14(13)19(18)20/h4-8H,1-3H3. The first-order valence-corrected chi connectivity index (χ1v) is 6.71. The molecule has 102 valence electrons. The molecule has 0 saturated heterocycles. The van der Waals surface area contributed by atoms with Crippen molar-refractivity contribution in [1.82, 2.24) is 9.90 Å². The van der Waals surface area contributed by atoms with Crippen molar-refractivity contribution in [3.63, 3.8) is 0 Å². The summed E-state index contributed by atoms with van der Waals surface area (Å²) in [6.45, 7) is 6.05. The number of fused-ring (bicyclic) bond motifs is 1. The van der Waals surface area contributed by atoms with Crippen molar-refractivity contribution in [2.45, 2.75) is 20.8 Å². The first kappa shape index (κ1) is 12.9. The fraction of sp³-hybridized carbons (Fsp3) is 0.200. The molecule has 20 heavy (non-hydrogen) atoms. The van der Waals surface area contributed by atoms with E-state index in [-0.39, 0.29) is 0 Å². The second kappa shape index (κ2) is 4.49. The molecule has 0 atom stereocenters. The molecule has 3 rings (SSSR count). The van der Waals surface area contributed by atoms with E-state index in [9.17, 15) is 5.21 Å². The molecule has 0 aliphatic heterocycles. The Balaban J connectivity index is 2.30. The third-order valence-electron chi connectivity index (χ3n) is 3.55. The predicted octanol–water partition coefficient (Wildman–Crippen LogP) is 3.24. The second-order valence-electron chi connectivity index (χ2n) is 5.02. The van der Waals surface area contributed by atoms with Crippen molar-refractivity contribution < 1.29 is 4.85 Å². The molecular formula is C15H14ClN3O. The Labute approximate surface area is 121 Å². The number of nitrogens with zero attached hydrogens (tertiary/aromatic N) is 3. The first-order valence-electron chi connectivity index (χ1n) is 6.34. The Bertz CT molecular complexity index is 824. The topological polar surface area (TPSA) is 44.8 Å². The molecule has 0 N–H and O–H groups in total. The summed E-state index contributed by atoms with van der Waals surface area (Å²) in [5.41, 5.74) is 5.22. The van der Waals surface area contributed by atoms with E-state index in [0.29, 0.717) is 16.1 Å². The van der Waals surface area contributed by atoms with Gasteiger partial charge < -0.3 is 5.21 Å². The van der Waals surface area contributed by atoms with Crippen LogP contribution in [0.25, 0.3) is 16.7 Å². The highest BCUT2D eigenvalue weighted by Gasteiger charge is 2.18. The number of hydrogen-bond acceptors (Lipinski definition) is 2. The van der Waals surface area contributed by atoms with Crippen LogP contribution >= 0.6 is 11.6 Å². The summed E-state index contributed by atoms with van der Waals surface area (Å²) in [4.78, 5) is 2.17. The van der Waals surface area contributed by atoms with E-state index < -0.39 is 0 Å². The van der Waals surface area contributed by atoms with Crippen LogP contribution < -0.4 is 4.85 Å². The molecule has 0 saturated carbocycles. The maximum Gasteiger partial charge on any atom is 0.251 e. The van der Waals surface area contributed by atoms with E-state index in [1.807, 2.05) is 19.9 Å². The van der Waals surface area contributed by atoms with Gasteiger partial charge >= 0.3 is 0 Å². The van der Waals surface area contributed by atoms with E-state index in [4.69, 9.17) is 11.6 Å². The maximum absolute atomic E-state index is 12.4. The molecule has 0 fully saturated rings. The molecule has 4 nitrogen and oxygen atoms in total. The number of aromatic nitrogens is 3. The highest BCUT2D eigenvalue weighted by atomic mass is 35.5. The fourth-order valence-electron chi connectivity index (χ4n) is 2.30. The smallest absolute Gasteiger partial charge is 0.251 e. The third-order valence-corrected chi connectivity index (χ3v) is 3.78. The minimum absolute atomic E-state index is 0.507. The largest absolute Gasteiger partial charge is 0.692 e. The molecule has 1 aromatic heterocycles. The van der Waals surface area contributed by atoms with Gasteiger partial charge in [-0.05, 0) is 60.5 Å². The highest BCUT2D eigenvalue weighted by molar-refractivity contribution is 6.31. The monoisotopic (exact) mass is 287 g/mol. The minimum atomic E-state index is 0.507. The van der Waals surface area contributed by atoms with Crippen LogP contribution in [0.15, 0.2) is 30.3 Å². The summed E-state index contributed by atoms with van der Waals surface area (Å²) in [6.07, 6.45) is 0. The van der Waals surface area contributed by atoms with Gasteiger partial charge in [-0.15, -0.1) is 4.85 Å². The van der Waals surface area contributed by atoms with Crippen molar-refractivity contribution in [3.05, 3.63) is 57.3 Å². The maximum atomic E-state index is 12.4. The normalized spacial score (nSPS) is 11.2. The van der Waals surface area contributed by atoms with Gasteiger partial charge in [-0.1, -0.05) is 17.7 Å². The lowest BCUT2D eigenvalue weighted by atomic mass is 10.1. The van der Waals surface area contributed by atoms with Crippen LogP contribution in [0, 0.1) is 26.0 Å². The van der Waals surface area contributed by atoms with Gasteiger partial charge in [-0.25, -0.2) is 0 Å². The van der Waals surface area contributed by atoms with Crippen LogP contribution in [0.4, 0.5) is 0 Å². The molecule has 0 spiro atoms. The zero-order valence-electron chi connectivity index (χ0n) is 11.5. The van der Waals surface area contributed by atoms with E-state index in [1.165, 1.54) is 10.4 Å². The van der Waals surface area contributed by atoms with Crippen LogP contribution in [0.3, 0.4) is 0 Å². The zero-order chi connectivity index (χ0) is 14.4. The van der Waals surface area contributed by atoms with Gasteiger partial charge in [0.2, 0.25) is 5.52 Å². The van der Waals surface area contributed by atoms with Crippen LogP contribution in [0.2, 0.25) is 5.02 Å². The lowest BCUT2D eigenvalue weighted by molar-refractivity contribution is -0.664. The van der Waals surface area contributed by atoms with Crippen LogP contribution in [-0.4, -0.2) is 9.90 Å². The van der Waals surface area contributed by atoms with Gasteiger partial charge in [0, 0.05) is 11.1 Å². The lowest BCUT2D eigenvalue weighted by Gasteiger charge is -2.09. The number of benzene rings is 2. The number of rotatable bonds is 1. The highest BCUT2D eigenvalue weighted by Crippen LogP contribution is 2.20. The van der Waals surface area contributed by atoms with E-state index in [0.717, 1.165) is 21.7 Å². The summed E-state index contributed by atoms with van der Waals surface area (Å²) < 4.78 is 0. The Morgan fingerprint density at radius 1 is 1.05 bits per heavy atom. The third kappa shape index (κ3) is 1.93. The Hall–Kier alpha value is -2.07. The molecule has 3 aromatic rings. The summed E-state index contributed by atoms with van der Waals surface area (Å²) in [5, 5.41) is 17.3. The van der Waals surface area contributed by atoms with Crippen LogP contribution in [-0.2, 0) is 0 Å². The average Bonchev–Trinajstić information content (AvgIpc) is 2.70. The van der Waals surface area contributed by atoms with Gasteiger partial charge in [0.05, 0.1) is 5.10 Å². The Morgan fingerprint density at radius 3 is 2.50 bits per heavy atom. The molecule has 2 aromatic carbocycles. The first-order chi connectivity index (χ1) is 9.47.